The topological polar surface area (TPSA) is 135 Å². The zero-order valence-electron chi connectivity index (χ0n) is 51.1. The van der Waals surface area contributed by atoms with Gasteiger partial charge in [0, 0.05) is 71.6 Å². The first-order chi connectivity index (χ1) is 47.5. The lowest BCUT2D eigenvalue weighted by atomic mass is 10.0. The van der Waals surface area contributed by atoms with Gasteiger partial charge in [0.05, 0.1) is 46.6 Å². The summed E-state index contributed by atoms with van der Waals surface area (Å²) in [4.78, 5) is 54.5. The molecule has 0 aliphatic carbocycles. The van der Waals surface area contributed by atoms with E-state index in [1.807, 2.05) is 200 Å². The standard InChI is InChI=1S/C83H49N13/c1-84-61-41-36-52(37-42-61)58-38-44-65(74(50-58)96-70-35-21-19-33-64(70)67-49-60(40-46-72(67)96)81-90-77(55-26-12-5-13-27-55)87-78(91-81)56-28-14-6-15-29-56)82-92-79(57-30-16-7-17-31-57)93-83(94-82)68-51-62(85-2)43-47-73(68)95-69-34-20-18-32-63(69)66-48-59(39-45-71(66)95)80-88-75(53-22-8-3-9-23-53)86-76(89-80)54-24-10-4-11-25-54/h3-51H. The van der Waals surface area contributed by atoms with E-state index in [1.54, 1.807) is 0 Å². The molecule has 13 heteroatoms. The van der Waals surface area contributed by atoms with Crippen molar-refractivity contribution in [2.45, 2.75) is 0 Å². The molecule has 0 unspecified atom stereocenters. The molecule has 0 aliphatic rings. The minimum atomic E-state index is 0.368. The Bertz CT molecular complexity index is 5850. The molecule has 0 atom stereocenters. The Morgan fingerprint density at radius 3 is 0.958 bits per heavy atom. The molecule has 96 heavy (non-hydrogen) atoms. The first kappa shape index (κ1) is 56.2. The van der Waals surface area contributed by atoms with Crippen molar-refractivity contribution >= 4 is 55.0 Å². The summed E-state index contributed by atoms with van der Waals surface area (Å²) in [6, 6.07) is 99.1. The van der Waals surface area contributed by atoms with Crippen LogP contribution >= 0.6 is 0 Å². The molecule has 446 valence electrons. The molecule has 17 rings (SSSR count). The Labute approximate surface area is 551 Å². The molecule has 0 aliphatic heterocycles. The van der Waals surface area contributed by atoms with Crippen LogP contribution in [0.3, 0.4) is 0 Å². The number of hydrogen-bond acceptors (Lipinski definition) is 9. The van der Waals surface area contributed by atoms with Gasteiger partial charge in [-0.15, -0.1) is 0 Å². The van der Waals surface area contributed by atoms with Crippen LogP contribution in [0.15, 0.2) is 297 Å². The lowest BCUT2D eigenvalue weighted by Crippen LogP contribution is -2.05. The predicted molar refractivity (Wildman–Crippen MR) is 382 cm³/mol. The average molecular weight is 1230 g/mol. The second kappa shape index (κ2) is 23.8. The average Bonchev–Trinajstić information content (AvgIpc) is 1.53. The summed E-state index contributed by atoms with van der Waals surface area (Å²) in [5, 5.41) is 3.97. The van der Waals surface area contributed by atoms with E-state index in [9.17, 15) is 0 Å². The molecule has 0 fully saturated rings. The molecule has 5 heterocycles. The van der Waals surface area contributed by atoms with Gasteiger partial charge in [-0.05, 0) is 83.9 Å². The third-order valence-corrected chi connectivity index (χ3v) is 17.3. The van der Waals surface area contributed by atoms with Crippen LogP contribution in [0.5, 0.6) is 0 Å². The van der Waals surface area contributed by atoms with Gasteiger partial charge in [-0.1, -0.05) is 224 Å². The Balaban J connectivity index is 0.865. The fraction of sp³-hybridized carbons (Fsp3) is 0. The molecule has 5 aromatic heterocycles. The molecule has 12 aromatic carbocycles. The fourth-order valence-corrected chi connectivity index (χ4v) is 12.7. The van der Waals surface area contributed by atoms with Gasteiger partial charge >= 0.3 is 0 Å². The maximum absolute atomic E-state index is 8.44. The number of para-hydroxylation sites is 2. The smallest absolute Gasteiger partial charge is 0.188 e. The van der Waals surface area contributed by atoms with Crippen LogP contribution in [-0.2, 0) is 0 Å². The fourth-order valence-electron chi connectivity index (χ4n) is 12.7. The number of rotatable bonds is 12. The summed E-state index contributed by atoms with van der Waals surface area (Å²) < 4.78 is 4.51. The molecule has 0 spiro atoms. The summed E-state index contributed by atoms with van der Waals surface area (Å²) >= 11 is 0. The third kappa shape index (κ3) is 10.2. The van der Waals surface area contributed by atoms with Gasteiger partial charge in [-0.2, -0.15) is 0 Å². The van der Waals surface area contributed by atoms with E-state index in [2.05, 4.69) is 116 Å². The molecular formula is C83H49N13. The van der Waals surface area contributed by atoms with Gasteiger partial charge < -0.3 is 9.13 Å². The second-order valence-electron chi connectivity index (χ2n) is 23.1. The van der Waals surface area contributed by atoms with Crippen molar-refractivity contribution in [3.05, 3.63) is 320 Å². The Morgan fingerprint density at radius 1 is 0.208 bits per heavy atom. The molecule has 0 saturated carbocycles. The van der Waals surface area contributed by atoms with Crippen LogP contribution in [-0.4, -0.2) is 54.0 Å². The summed E-state index contributed by atoms with van der Waals surface area (Å²) in [7, 11) is 0. The number of nitrogens with zero attached hydrogens (tertiary/aromatic N) is 13. The minimum absolute atomic E-state index is 0.368. The zero-order valence-corrected chi connectivity index (χ0v) is 51.1. The normalized spacial score (nSPS) is 11.3. The SMILES string of the molecule is [C-]#[N+]c1ccc(-c2ccc(-c3nc(-c4ccccc4)nc(-c4cc([N+]#[C-])ccc4-n4c5ccccc5c5cc(-c6nc(-c7ccccc7)nc(-c7ccccc7)n6)ccc54)n3)c(-n3c4ccccc4c4cc(-c5nc(-c6ccccc6)nc(-c6ccccc6)n5)ccc43)c2)cc1. The highest BCUT2D eigenvalue weighted by atomic mass is 15.1. The molecule has 0 saturated heterocycles. The van der Waals surface area contributed by atoms with Crippen molar-refractivity contribution in [3.63, 3.8) is 0 Å². The monoisotopic (exact) mass is 1230 g/mol. The van der Waals surface area contributed by atoms with E-state index in [4.69, 9.17) is 58.0 Å². The number of hydrogen-bond donors (Lipinski definition) is 0. The first-order valence-corrected chi connectivity index (χ1v) is 31.2. The van der Waals surface area contributed by atoms with Crippen molar-refractivity contribution in [1.82, 2.24) is 54.0 Å². The Hall–Kier alpha value is -13.8. The highest BCUT2D eigenvalue weighted by Crippen LogP contribution is 2.43. The predicted octanol–water partition coefficient (Wildman–Crippen LogP) is 20.2. The summed E-state index contributed by atoms with van der Waals surface area (Å²) in [6.07, 6.45) is 0. The van der Waals surface area contributed by atoms with Crippen LogP contribution in [0.2, 0.25) is 0 Å². The van der Waals surface area contributed by atoms with Crippen LogP contribution in [0.1, 0.15) is 0 Å². The van der Waals surface area contributed by atoms with Crippen LogP contribution in [0.25, 0.3) is 178 Å². The summed E-state index contributed by atoms with van der Waals surface area (Å²) in [5.41, 5.74) is 15.4. The van der Waals surface area contributed by atoms with E-state index < -0.39 is 0 Å². The third-order valence-electron chi connectivity index (χ3n) is 17.3. The maximum Gasteiger partial charge on any atom is 0.188 e. The molecule has 13 nitrogen and oxygen atoms in total. The van der Waals surface area contributed by atoms with Gasteiger partial charge in [0.25, 0.3) is 0 Å². The maximum atomic E-state index is 8.44. The Morgan fingerprint density at radius 2 is 0.531 bits per heavy atom. The highest BCUT2D eigenvalue weighted by Gasteiger charge is 2.25. The molecule has 17 aromatic rings. The largest absolute Gasteiger partial charge is 0.309 e. The molecule has 0 N–H and O–H groups in total. The van der Waals surface area contributed by atoms with Crippen molar-refractivity contribution in [1.29, 1.82) is 0 Å². The van der Waals surface area contributed by atoms with E-state index in [1.165, 1.54) is 0 Å². The van der Waals surface area contributed by atoms with Crippen LogP contribution < -0.4 is 0 Å². The van der Waals surface area contributed by atoms with Crippen molar-refractivity contribution in [2.75, 3.05) is 0 Å². The van der Waals surface area contributed by atoms with Gasteiger partial charge in [0.1, 0.15) is 0 Å². The van der Waals surface area contributed by atoms with Gasteiger partial charge in [0.2, 0.25) is 0 Å². The van der Waals surface area contributed by atoms with E-state index in [-0.39, 0.29) is 0 Å². The van der Waals surface area contributed by atoms with Crippen molar-refractivity contribution in [2.24, 2.45) is 0 Å². The quantitative estimate of drug-likeness (QED) is 0.110. The lowest BCUT2D eigenvalue weighted by molar-refractivity contribution is 1.06. The molecular weight excluding hydrogens is 1180 g/mol. The molecule has 0 radical (unpaired) electrons. The van der Waals surface area contributed by atoms with E-state index >= 15 is 0 Å². The first-order valence-electron chi connectivity index (χ1n) is 31.2. The number of benzene rings is 12. The number of aromatic nitrogens is 11. The van der Waals surface area contributed by atoms with Crippen LogP contribution in [0, 0.1) is 13.1 Å². The minimum Gasteiger partial charge on any atom is -0.309 e. The summed E-state index contributed by atoms with van der Waals surface area (Å²) in [6.45, 7) is 16.2. The zero-order chi connectivity index (χ0) is 64.1. The van der Waals surface area contributed by atoms with Crippen LogP contribution in [0.4, 0.5) is 11.4 Å². The van der Waals surface area contributed by atoms with Crippen molar-refractivity contribution < 1.29 is 0 Å². The van der Waals surface area contributed by atoms with E-state index in [0.717, 1.165) is 111 Å². The van der Waals surface area contributed by atoms with Gasteiger partial charge in [-0.3, -0.25) is 0 Å². The van der Waals surface area contributed by atoms with Gasteiger partial charge in [-0.25, -0.2) is 54.5 Å². The van der Waals surface area contributed by atoms with Crippen molar-refractivity contribution in [3.8, 4) is 125 Å². The van der Waals surface area contributed by atoms with Gasteiger partial charge in [0.15, 0.2) is 63.8 Å². The lowest BCUT2D eigenvalue weighted by Gasteiger charge is -2.18. The summed E-state index contributed by atoms with van der Waals surface area (Å²) in [5.74, 6) is 4.60. The second-order valence-corrected chi connectivity index (χ2v) is 23.1. The molecule has 0 amide bonds. The Kier molecular flexibility index (Phi) is 13.9. The molecule has 0 bridgehead atoms. The highest BCUT2D eigenvalue weighted by molar-refractivity contribution is 6.12. The van der Waals surface area contributed by atoms with E-state index in [0.29, 0.717) is 69.4 Å². The number of fused-ring (bicyclic) bond motifs is 6.